The van der Waals surface area contributed by atoms with Gasteiger partial charge in [-0.2, -0.15) is 0 Å². The quantitative estimate of drug-likeness (QED) is 0.348. The monoisotopic (exact) mass is 512 g/mol. The highest BCUT2D eigenvalue weighted by atomic mass is 32.2. The lowest BCUT2D eigenvalue weighted by atomic mass is 10.0. The zero-order valence-electron chi connectivity index (χ0n) is 20.5. The predicted molar refractivity (Wildman–Crippen MR) is 144 cm³/mol. The summed E-state index contributed by atoms with van der Waals surface area (Å²) in [6.45, 7) is 3.78. The van der Waals surface area contributed by atoms with Gasteiger partial charge in [0.05, 0.1) is 23.2 Å². The maximum atomic E-state index is 13.0. The Bertz CT molecular complexity index is 1810. The summed E-state index contributed by atoms with van der Waals surface area (Å²) in [5.41, 5.74) is 4.61. The first kappa shape index (κ1) is 24.2. The number of methoxy groups -OCH3 is 1. The standard InChI is InChI=1S/C28H24N4O4S/c1-18-5-4-6-20(13-18)21-7-10-25(26(16-21)36-3)32-24-11-9-23(15-22(24)8-12-28(32)33)37(34,35)31-27-14-19(2)29-17-30-27/h4-17H,1-3H3,(H,29,30,31). The molecule has 5 rings (SSSR count). The number of sulfonamides is 1. The highest BCUT2D eigenvalue weighted by Gasteiger charge is 2.18. The molecule has 0 bridgehead atoms. The molecule has 0 spiro atoms. The Balaban J connectivity index is 1.59. The molecular weight excluding hydrogens is 488 g/mol. The Morgan fingerprint density at radius 3 is 2.43 bits per heavy atom. The van der Waals surface area contributed by atoms with Crippen molar-refractivity contribution in [3.05, 3.63) is 107 Å². The van der Waals surface area contributed by atoms with Crippen molar-refractivity contribution in [1.82, 2.24) is 14.5 Å². The second-order valence-electron chi connectivity index (χ2n) is 8.63. The number of benzene rings is 3. The number of anilines is 1. The van der Waals surface area contributed by atoms with E-state index in [4.69, 9.17) is 4.74 Å². The summed E-state index contributed by atoms with van der Waals surface area (Å²) in [6, 6.07) is 22.9. The second kappa shape index (κ2) is 9.51. The van der Waals surface area contributed by atoms with Gasteiger partial charge in [-0.3, -0.25) is 14.1 Å². The lowest BCUT2D eigenvalue weighted by molar-refractivity contribution is 0.413. The number of nitrogens with zero attached hydrogens (tertiary/aromatic N) is 3. The second-order valence-corrected chi connectivity index (χ2v) is 10.3. The third-order valence-electron chi connectivity index (χ3n) is 5.99. The summed E-state index contributed by atoms with van der Waals surface area (Å²) in [5.74, 6) is 0.696. The first-order chi connectivity index (χ1) is 17.7. The molecule has 0 radical (unpaired) electrons. The molecule has 3 aromatic carbocycles. The Hall–Kier alpha value is -4.50. The van der Waals surface area contributed by atoms with E-state index in [1.165, 1.54) is 29.1 Å². The summed E-state index contributed by atoms with van der Waals surface area (Å²) >= 11 is 0. The molecule has 2 heterocycles. The van der Waals surface area contributed by atoms with Gasteiger partial charge in [0.1, 0.15) is 17.9 Å². The van der Waals surface area contributed by atoms with Crippen LogP contribution in [0.3, 0.4) is 0 Å². The number of ether oxygens (including phenoxy) is 1. The van der Waals surface area contributed by atoms with Crippen molar-refractivity contribution in [3.8, 4) is 22.6 Å². The summed E-state index contributed by atoms with van der Waals surface area (Å²) in [5, 5.41) is 0.575. The average molecular weight is 513 g/mol. The van der Waals surface area contributed by atoms with Crippen molar-refractivity contribution in [1.29, 1.82) is 0 Å². The normalized spacial score (nSPS) is 11.4. The Morgan fingerprint density at radius 2 is 1.68 bits per heavy atom. The first-order valence-corrected chi connectivity index (χ1v) is 13.0. The van der Waals surface area contributed by atoms with Crippen LogP contribution in [0.5, 0.6) is 5.75 Å². The van der Waals surface area contributed by atoms with Gasteiger partial charge in [0.2, 0.25) is 0 Å². The van der Waals surface area contributed by atoms with Crippen molar-refractivity contribution in [2.24, 2.45) is 0 Å². The Morgan fingerprint density at radius 1 is 0.865 bits per heavy atom. The molecular formula is C28H24N4O4S. The largest absolute Gasteiger partial charge is 0.495 e. The van der Waals surface area contributed by atoms with Gasteiger partial charge < -0.3 is 4.74 Å². The Kier molecular flexibility index (Phi) is 6.22. The van der Waals surface area contributed by atoms with Crippen LogP contribution in [0.1, 0.15) is 11.3 Å². The topological polar surface area (TPSA) is 103 Å². The maximum absolute atomic E-state index is 13.0. The molecule has 0 atom stereocenters. The lowest BCUT2D eigenvalue weighted by Crippen LogP contribution is -2.19. The van der Waals surface area contributed by atoms with Crippen LogP contribution in [-0.2, 0) is 10.0 Å². The summed E-state index contributed by atoms with van der Waals surface area (Å²) in [7, 11) is -2.36. The zero-order chi connectivity index (χ0) is 26.2. The molecule has 1 N–H and O–H groups in total. The van der Waals surface area contributed by atoms with Gasteiger partial charge in [-0.1, -0.05) is 35.9 Å². The van der Waals surface area contributed by atoms with Crippen LogP contribution in [0.25, 0.3) is 27.7 Å². The molecule has 0 aliphatic heterocycles. The van der Waals surface area contributed by atoms with Crippen molar-refractivity contribution >= 4 is 26.7 Å². The number of aryl methyl sites for hydroxylation is 2. The molecule has 0 aliphatic rings. The number of nitrogens with one attached hydrogen (secondary N) is 1. The molecule has 0 amide bonds. The predicted octanol–water partition coefficient (Wildman–Crippen LogP) is 4.87. The van der Waals surface area contributed by atoms with Crippen LogP contribution in [0.2, 0.25) is 0 Å². The van der Waals surface area contributed by atoms with Crippen molar-refractivity contribution in [3.63, 3.8) is 0 Å². The Labute approximate surface area is 214 Å². The molecule has 0 fully saturated rings. The number of hydrogen-bond acceptors (Lipinski definition) is 6. The van der Waals surface area contributed by atoms with E-state index in [2.05, 4.69) is 20.8 Å². The van der Waals surface area contributed by atoms with Crippen molar-refractivity contribution < 1.29 is 13.2 Å². The van der Waals surface area contributed by atoms with Crippen LogP contribution in [0.4, 0.5) is 5.82 Å². The molecule has 5 aromatic rings. The molecule has 2 aromatic heterocycles. The van der Waals surface area contributed by atoms with Gasteiger partial charge >= 0.3 is 0 Å². The van der Waals surface area contributed by atoms with E-state index in [1.807, 2.05) is 43.3 Å². The minimum Gasteiger partial charge on any atom is -0.495 e. The molecule has 0 saturated heterocycles. The smallest absolute Gasteiger partial charge is 0.263 e. The van der Waals surface area contributed by atoms with E-state index >= 15 is 0 Å². The molecule has 0 unspecified atom stereocenters. The minimum absolute atomic E-state index is 0.0447. The number of aromatic nitrogens is 3. The SMILES string of the molecule is COc1cc(-c2cccc(C)c2)ccc1-n1c(=O)ccc2cc(S(=O)(=O)Nc3cc(C)ncn3)ccc21. The lowest BCUT2D eigenvalue weighted by Gasteiger charge is -2.16. The fourth-order valence-electron chi connectivity index (χ4n) is 4.21. The third-order valence-corrected chi connectivity index (χ3v) is 7.34. The van der Waals surface area contributed by atoms with Gasteiger partial charge in [0.15, 0.2) is 0 Å². The molecule has 8 nitrogen and oxygen atoms in total. The van der Waals surface area contributed by atoms with Gasteiger partial charge in [0, 0.05) is 23.2 Å². The summed E-state index contributed by atoms with van der Waals surface area (Å²) in [6.07, 6.45) is 1.30. The fraction of sp³-hybridized carbons (Fsp3) is 0.107. The van der Waals surface area contributed by atoms with Crippen LogP contribution in [-0.4, -0.2) is 30.1 Å². The van der Waals surface area contributed by atoms with Crippen LogP contribution in [0.15, 0.2) is 94.9 Å². The molecule has 37 heavy (non-hydrogen) atoms. The molecule has 0 aliphatic carbocycles. The van der Waals surface area contributed by atoms with Crippen LogP contribution >= 0.6 is 0 Å². The highest BCUT2D eigenvalue weighted by molar-refractivity contribution is 7.92. The van der Waals surface area contributed by atoms with Gasteiger partial charge in [-0.05, 0) is 61.4 Å². The van der Waals surface area contributed by atoms with E-state index in [0.717, 1.165) is 16.7 Å². The van der Waals surface area contributed by atoms with Crippen LogP contribution < -0.4 is 15.0 Å². The summed E-state index contributed by atoms with van der Waals surface area (Å²) < 4.78 is 35.7. The van der Waals surface area contributed by atoms with Gasteiger partial charge in [-0.25, -0.2) is 18.4 Å². The number of rotatable bonds is 6. The van der Waals surface area contributed by atoms with Crippen molar-refractivity contribution in [2.45, 2.75) is 18.7 Å². The zero-order valence-corrected chi connectivity index (χ0v) is 21.3. The average Bonchev–Trinajstić information content (AvgIpc) is 2.88. The summed E-state index contributed by atoms with van der Waals surface area (Å²) in [4.78, 5) is 21.0. The molecule has 0 saturated carbocycles. The van der Waals surface area contributed by atoms with E-state index in [-0.39, 0.29) is 16.3 Å². The molecule has 186 valence electrons. The highest BCUT2D eigenvalue weighted by Crippen LogP contribution is 2.31. The third kappa shape index (κ3) is 4.81. The number of hydrogen-bond donors (Lipinski definition) is 1. The first-order valence-electron chi connectivity index (χ1n) is 11.5. The number of pyridine rings is 1. The molecule has 9 heteroatoms. The van der Waals surface area contributed by atoms with E-state index in [0.29, 0.717) is 28.0 Å². The fourth-order valence-corrected chi connectivity index (χ4v) is 5.25. The minimum atomic E-state index is -3.91. The number of fused-ring (bicyclic) bond motifs is 1. The van der Waals surface area contributed by atoms with Gasteiger partial charge in [-0.15, -0.1) is 0 Å². The van der Waals surface area contributed by atoms with Crippen molar-refractivity contribution in [2.75, 3.05) is 11.8 Å². The van der Waals surface area contributed by atoms with E-state index < -0.39 is 10.0 Å². The maximum Gasteiger partial charge on any atom is 0.263 e. The van der Waals surface area contributed by atoms with Crippen LogP contribution in [0, 0.1) is 13.8 Å². The van der Waals surface area contributed by atoms with E-state index in [1.54, 1.807) is 32.2 Å². The van der Waals surface area contributed by atoms with Gasteiger partial charge in [0.25, 0.3) is 15.6 Å². The van der Waals surface area contributed by atoms with E-state index in [9.17, 15) is 13.2 Å².